The molecule has 1 amide bonds. The van der Waals surface area contributed by atoms with Gasteiger partial charge in [-0.2, -0.15) is 0 Å². The Morgan fingerprint density at radius 3 is 2.83 bits per heavy atom. The number of carbonyl (C=O) groups excluding carboxylic acids is 1. The SMILES string of the molecule is CNC1CCN(c2ccc3c(c2)C(=O)NC3)CC1. The summed E-state index contributed by atoms with van der Waals surface area (Å²) in [5, 5.41) is 6.20. The van der Waals surface area contributed by atoms with E-state index in [2.05, 4.69) is 27.7 Å². The lowest BCUT2D eigenvalue weighted by molar-refractivity contribution is 0.0966. The van der Waals surface area contributed by atoms with E-state index in [-0.39, 0.29) is 5.91 Å². The first-order valence-corrected chi connectivity index (χ1v) is 6.61. The molecule has 0 radical (unpaired) electrons. The summed E-state index contributed by atoms with van der Waals surface area (Å²) in [4.78, 5) is 14.0. The van der Waals surface area contributed by atoms with Gasteiger partial charge in [0, 0.05) is 36.9 Å². The fraction of sp³-hybridized carbons (Fsp3) is 0.500. The number of anilines is 1. The van der Waals surface area contributed by atoms with Crippen molar-refractivity contribution in [1.29, 1.82) is 0 Å². The van der Waals surface area contributed by atoms with E-state index in [0.29, 0.717) is 12.6 Å². The maximum absolute atomic E-state index is 11.7. The van der Waals surface area contributed by atoms with Crippen LogP contribution in [0.25, 0.3) is 0 Å². The molecule has 96 valence electrons. The molecular formula is C14H19N3O. The van der Waals surface area contributed by atoms with E-state index in [1.807, 2.05) is 13.1 Å². The minimum Gasteiger partial charge on any atom is -0.371 e. The zero-order valence-corrected chi connectivity index (χ0v) is 10.7. The zero-order chi connectivity index (χ0) is 12.5. The summed E-state index contributed by atoms with van der Waals surface area (Å²) in [5.74, 6) is 0.0666. The maximum atomic E-state index is 11.7. The smallest absolute Gasteiger partial charge is 0.251 e. The van der Waals surface area contributed by atoms with Crippen LogP contribution in [0.3, 0.4) is 0 Å². The van der Waals surface area contributed by atoms with Crippen molar-refractivity contribution < 1.29 is 4.79 Å². The van der Waals surface area contributed by atoms with Crippen molar-refractivity contribution >= 4 is 11.6 Å². The molecule has 0 unspecified atom stereocenters. The molecule has 0 bridgehead atoms. The van der Waals surface area contributed by atoms with Crippen molar-refractivity contribution in [1.82, 2.24) is 10.6 Å². The van der Waals surface area contributed by atoms with Crippen molar-refractivity contribution in [3.63, 3.8) is 0 Å². The number of amides is 1. The molecular weight excluding hydrogens is 226 g/mol. The second-order valence-electron chi connectivity index (χ2n) is 5.07. The molecule has 1 aromatic rings. The van der Waals surface area contributed by atoms with E-state index in [9.17, 15) is 4.79 Å². The Morgan fingerprint density at radius 2 is 2.11 bits per heavy atom. The molecule has 18 heavy (non-hydrogen) atoms. The summed E-state index contributed by atoms with van der Waals surface area (Å²) < 4.78 is 0. The Morgan fingerprint density at radius 1 is 1.33 bits per heavy atom. The summed E-state index contributed by atoms with van der Waals surface area (Å²) in [7, 11) is 2.03. The molecule has 4 nitrogen and oxygen atoms in total. The van der Waals surface area contributed by atoms with Crippen LogP contribution < -0.4 is 15.5 Å². The molecule has 3 rings (SSSR count). The molecule has 0 atom stereocenters. The van der Waals surface area contributed by atoms with Gasteiger partial charge in [0.2, 0.25) is 0 Å². The predicted octanol–water partition coefficient (Wildman–Crippen LogP) is 1.12. The normalized spacial score (nSPS) is 19.8. The average Bonchev–Trinajstić information content (AvgIpc) is 2.80. The van der Waals surface area contributed by atoms with Gasteiger partial charge in [-0.05, 0) is 37.6 Å². The van der Waals surface area contributed by atoms with Gasteiger partial charge in [-0.1, -0.05) is 6.07 Å². The summed E-state index contributed by atoms with van der Waals surface area (Å²) >= 11 is 0. The lowest BCUT2D eigenvalue weighted by Crippen LogP contribution is -2.41. The highest BCUT2D eigenvalue weighted by atomic mass is 16.1. The van der Waals surface area contributed by atoms with Crippen molar-refractivity contribution in [3.05, 3.63) is 29.3 Å². The fourth-order valence-corrected chi connectivity index (χ4v) is 2.82. The molecule has 1 fully saturated rings. The summed E-state index contributed by atoms with van der Waals surface area (Å²) in [5.41, 5.74) is 3.15. The van der Waals surface area contributed by atoms with Gasteiger partial charge in [-0.15, -0.1) is 0 Å². The number of hydrogen-bond acceptors (Lipinski definition) is 3. The van der Waals surface area contributed by atoms with Gasteiger partial charge < -0.3 is 15.5 Å². The molecule has 0 saturated carbocycles. The van der Waals surface area contributed by atoms with Crippen LogP contribution in [0.5, 0.6) is 0 Å². The quantitative estimate of drug-likeness (QED) is 0.820. The monoisotopic (exact) mass is 245 g/mol. The minimum atomic E-state index is 0.0666. The average molecular weight is 245 g/mol. The van der Waals surface area contributed by atoms with Crippen LogP contribution in [-0.4, -0.2) is 32.1 Å². The Labute approximate surface area is 107 Å². The lowest BCUT2D eigenvalue weighted by atomic mass is 10.0. The highest BCUT2D eigenvalue weighted by Crippen LogP contribution is 2.25. The predicted molar refractivity (Wildman–Crippen MR) is 71.9 cm³/mol. The Balaban J connectivity index is 1.78. The Bertz CT molecular complexity index is 464. The van der Waals surface area contributed by atoms with E-state index in [4.69, 9.17) is 0 Å². The van der Waals surface area contributed by atoms with Gasteiger partial charge in [-0.3, -0.25) is 4.79 Å². The van der Waals surface area contributed by atoms with Crippen LogP contribution in [0.2, 0.25) is 0 Å². The number of carbonyl (C=O) groups is 1. The number of rotatable bonds is 2. The van der Waals surface area contributed by atoms with Crippen molar-refractivity contribution in [2.75, 3.05) is 25.0 Å². The van der Waals surface area contributed by atoms with Crippen LogP contribution in [0.1, 0.15) is 28.8 Å². The van der Waals surface area contributed by atoms with E-state index in [0.717, 1.165) is 24.2 Å². The van der Waals surface area contributed by atoms with E-state index in [1.165, 1.54) is 18.5 Å². The molecule has 0 aliphatic carbocycles. The van der Waals surface area contributed by atoms with E-state index >= 15 is 0 Å². The second-order valence-corrected chi connectivity index (χ2v) is 5.07. The molecule has 2 heterocycles. The summed E-state index contributed by atoms with van der Waals surface area (Å²) in [6, 6.07) is 6.89. The van der Waals surface area contributed by atoms with Crippen LogP contribution >= 0.6 is 0 Å². The first-order chi connectivity index (χ1) is 8.78. The van der Waals surface area contributed by atoms with Crippen LogP contribution in [0.4, 0.5) is 5.69 Å². The molecule has 0 aromatic heterocycles. The third-order valence-electron chi connectivity index (χ3n) is 4.05. The second kappa shape index (κ2) is 4.61. The fourth-order valence-electron chi connectivity index (χ4n) is 2.82. The first-order valence-electron chi connectivity index (χ1n) is 6.61. The molecule has 0 spiro atoms. The molecule has 1 saturated heterocycles. The van der Waals surface area contributed by atoms with Gasteiger partial charge in [0.1, 0.15) is 0 Å². The lowest BCUT2D eigenvalue weighted by Gasteiger charge is -2.33. The van der Waals surface area contributed by atoms with Gasteiger partial charge in [0.15, 0.2) is 0 Å². The molecule has 4 heteroatoms. The van der Waals surface area contributed by atoms with Gasteiger partial charge in [-0.25, -0.2) is 0 Å². The number of piperidine rings is 1. The van der Waals surface area contributed by atoms with Crippen LogP contribution in [0.15, 0.2) is 18.2 Å². The van der Waals surface area contributed by atoms with Gasteiger partial charge in [0.05, 0.1) is 0 Å². The van der Waals surface area contributed by atoms with Gasteiger partial charge >= 0.3 is 0 Å². The number of fused-ring (bicyclic) bond motifs is 1. The largest absolute Gasteiger partial charge is 0.371 e. The molecule has 1 aromatic carbocycles. The highest BCUT2D eigenvalue weighted by molar-refractivity contribution is 5.99. The minimum absolute atomic E-state index is 0.0666. The van der Waals surface area contributed by atoms with Crippen molar-refractivity contribution in [2.45, 2.75) is 25.4 Å². The number of hydrogen-bond donors (Lipinski definition) is 2. The standard InChI is InChI=1S/C14H19N3O/c1-15-11-4-6-17(7-5-11)12-3-2-10-9-16-14(18)13(10)8-12/h2-3,8,11,15H,4-7,9H2,1H3,(H,16,18). The topological polar surface area (TPSA) is 44.4 Å². The molecule has 2 N–H and O–H groups in total. The van der Waals surface area contributed by atoms with Crippen molar-refractivity contribution in [2.24, 2.45) is 0 Å². The summed E-state index contributed by atoms with van der Waals surface area (Å²) in [6.07, 6.45) is 2.33. The first kappa shape index (κ1) is 11.5. The maximum Gasteiger partial charge on any atom is 0.251 e. The van der Waals surface area contributed by atoms with E-state index < -0.39 is 0 Å². The third kappa shape index (κ3) is 1.97. The zero-order valence-electron chi connectivity index (χ0n) is 10.7. The Hall–Kier alpha value is -1.55. The Kier molecular flexibility index (Phi) is 2.96. The highest BCUT2D eigenvalue weighted by Gasteiger charge is 2.22. The summed E-state index contributed by atoms with van der Waals surface area (Å²) in [6.45, 7) is 2.80. The molecule has 2 aliphatic heterocycles. The van der Waals surface area contributed by atoms with Gasteiger partial charge in [0.25, 0.3) is 5.91 Å². The number of nitrogens with one attached hydrogen (secondary N) is 2. The van der Waals surface area contributed by atoms with Crippen LogP contribution in [-0.2, 0) is 6.54 Å². The third-order valence-corrected chi connectivity index (χ3v) is 4.05. The molecule has 2 aliphatic rings. The number of nitrogens with zero attached hydrogens (tertiary/aromatic N) is 1. The van der Waals surface area contributed by atoms with Crippen LogP contribution in [0, 0.1) is 0 Å². The number of benzene rings is 1. The van der Waals surface area contributed by atoms with E-state index in [1.54, 1.807) is 0 Å². The van der Waals surface area contributed by atoms with Crippen molar-refractivity contribution in [3.8, 4) is 0 Å².